The molecule has 1 saturated carbocycles. The van der Waals surface area contributed by atoms with Gasteiger partial charge in [0.15, 0.2) is 0 Å². The number of nitrogens with zero attached hydrogens (tertiary/aromatic N) is 1. The fraction of sp³-hybridized carbons (Fsp3) is 0.368. The molecule has 24 heavy (non-hydrogen) atoms. The van der Waals surface area contributed by atoms with Gasteiger partial charge in [0, 0.05) is 17.7 Å². The second-order valence-electron chi connectivity index (χ2n) is 6.69. The van der Waals surface area contributed by atoms with E-state index in [1.165, 1.54) is 0 Å². The molecule has 1 aromatic heterocycles. The van der Waals surface area contributed by atoms with E-state index >= 15 is 0 Å². The molecule has 5 nitrogen and oxygen atoms in total. The molecule has 1 aliphatic heterocycles. The molecule has 0 spiro atoms. The number of aliphatic carboxylic acids is 1. The van der Waals surface area contributed by atoms with Gasteiger partial charge in [-0.2, -0.15) is 0 Å². The van der Waals surface area contributed by atoms with Crippen LogP contribution in [0.3, 0.4) is 0 Å². The summed E-state index contributed by atoms with van der Waals surface area (Å²) in [6, 6.07) is 8.43. The first-order chi connectivity index (χ1) is 11.6. The van der Waals surface area contributed by atoms with Crippen molar-refractivity contribution in [2.24, 2.45) is 11.8 Å². The molecule has 2 fully saturated rings. The zero-order chi connectivity index (χ0) is 16.7. The normalized spacial score (nSPS) is 25.7. The minimum atomic E-state index is -0.885. The maximum absolute atomic E-state index is 13.0. The van der Waals surface area contributed by atoms with Crippen LogP contribution in [0.15, 0.2) is 47.3 Å². The Kier molecular flexibility index (Phi) is 3.63. The van der Waals surface area contributed by atoms with E-state index in [2.05, 4.69) is 0 Å². The Balaban J connectivity index is 1.64. The highest BCUT2D eigenvalue weighted by molar-refractivity contribution is 5.98. The predicted octanol–water partition coefficient (Wildman–Crippen LogP) is 3.27. The first-order valence-corrected chi connectivity index (χ1v) is 8.31. The lowest BCUT2D eigenvalue weighted by atomic mass is 9.94. The number of amides is 1. The van der Waals surface area contributed by atoms with Crippen molar-refractivity contribution in [3.8, 4) is 11.1 Å². The van der Waals surface area contributed by atoms with Gasteiger partial charge in [-0.15, -0.1) is 0 Å². The topological polar surface area (TPSA) is 70.8 Å². The van der Waals surface area contributed by atoms with Crippen LogP contribution < -0.4 is 0 Å². The van der Waals surface area contributed by atoms with Crippen LogP contribution in [0.4, 0.5) is 0 Å². The number of hydrogen-bond donors (Lipinski definition) is 1. The Morgan fingerprint density at radius 2 is 2.04 bits per heavy atom. The van der Waals surface area contributed by atoms with Gasteiger partial charge in [0.1, 0.15) is 6.04 Å². The lowest BCUT2D eigenvalue weighted by Gasteiger charge is -2.24. The van der Waals surface area contributed by atoms with E-state index in [1.807, 2.05) is 18.2 Å². The number of carboxylic acids is 1. The zero-order valence-electron chi connectivity index (χ0n) is 13.2. The average molecular weight is 325 g/mol. The largest absolute Gasteiger partial charge is 0.480 e. The summed E-state index contributed by atoms with van der Waals surface area (Å²) in [4.78, 5) is 26.3. The van der Waals surface area contributed by atoms with Gasteiger partial charge in [0.2, 0.25) is 0 Å². The van der Waals surface area contributed by atoms with Crippen molar-refractivity contribution in [2.45, 2.75) is 25.3 Å². The summed E-state index contributed by atoms with van der Waals surface area (Å²) in [6.07, 6.45) is 6.21. The van der Waals surface area contributed by atoms with Crippen LogP contribution in [0.2, 0.25) is 0 Å². The van der Waals surface area contributed by atoms with Crippen LogP contribution in [-0.2, 0) is 4.79 Å². The quantitative estimate of drug-likeness (QED) is 0.940. The molecule has 0 radical (unpaired) electrons. The van der Waals surface area contributed by atoms with Crippen LogP contribution in [0.5, 0.6) is 0 Å². The number of carboxylic acid groups (broad SMARTS) is 1. The Bertz CT molecular complexity index is 767. The van der Waals surface area contributed by atoms with Crippen molar-refractivity contribution < 1.29 is 19.1 Å². The average Bonchev–Trinajstić information content (AvgIpc) is 3.30. The lowest BCUT2D eigenvalue weighted by molar-refractivity contribution is -0.142. The number of furan rings is 1. The van der Waals surface area contributed by atoms with Gasteiger partial charge in [-0.05, 0) is 48.4 Å². The Labute approximate surface area is 139 Å². The van der Waals surface area contributed by atoms with Crippen molar-refractivity contribution in [1.29, 1.82) is 0 Å². The fourth-order valence-electron chi connectivity index (χ4n) is 4.26. The Hall–Kier alpha value is -2.56. The van der Waals surface area contributed by atoms with E-state index in [0.29, 0.717) is 18.0 Å². The molecular weight excluding hydrogens is 306 g/mol. The summed E-state index contributed by atoms with van der Waals surface area (Å²) in [5.74, 6) is -0.651. The van der Waals surface area contributed by atoms with Gasteiger partial charge >= 0.3 is 5.97 Å². The third kappa shape index (κ3) is 2.40. The van der Waals surface area contributed by atoms with Crippen LogP contribution in [0.25, 0.3) is 11.1 Å². The van der Waals surface area contributed by atoms with E-state index in [9.17, 15) is 14.7 Å². The highest BCUT2D eigenvalue weighted by atomic mass is 16.4. The first kappa shape index (κ1) is 15.0. The Morgan fingerprint density at radius 1 is 1.17 bits per heavy atom. The minimum Gasteiger partial charge on any atom is -0.480 e. The van der Waals surface area contributed by atoms with Gasteiger partial charge in [-0.1, -0.05) is 18.6 Å². The molecule has 5 heteroatoms. The van der Waals surface area contributed by atoms with Crippen molar-refractivity contribution >= 4 is 11.9 Å². The molecule has 1 N–H and O–H groups in total. The molecule has 1 aliphatic carbocycles. The monoisotopic (exact) mass is 325 g/mol. The SMILES string of the molecule is O=C(O)[C@@H]1[C@@H]2CCC[C@@H]2CN1C(=O)c1cccc(-c2ccoc2)c1. The Morgan fingerprint density at radius 3 is 2.79 bits per heavy atom. The number of rotatable bonds is 3. The molecule has 0 unspecified atom stereocenters. The van der Waals surface area contributed by atoms with E-state index in [-0.39, 0.29) is 11.8 Å². The van der Waals surface area contributed by atoms with Gasteiger partial charge < -0.3 is 14.4 Å². The summed E-state index contributed by atoms with van der Waals surface area (Å²) < 4.78 is 5.09. The molecule has 2 aromatic rings. The second kappa shape index (κ2) is 5.82. The molecule has 0 bridgehead atoms. The molecule has 3 atom stereocenters. The number of hydrogen-bond acceptors (Lipinski definition) is 3. The van der Waals surface area contributed by atoms with E-state index in [4.69, 9.17) is 4.42 Å². The highest BCUT2D eigenvalue weighted by Crippen LogP contribution is 2.42. The van der Waals surface area contributed by atoms with Gasteiger partial charge in [-0.25, -0.2) is 4.79 Å². The maximum Gasteiger partial charge on any atom is 0.326 e. The molecule has 2 heterocycles. The molecule has 4 rings (SSSR count). The number of benzene rings is 1. The third-order valence-electron chi connectivity index (χ3n) is 5.37. The van der Waals surface area contributed by atoms with E-state index in [0.717, 1.165) is 30.4 Å². The van der Waals surface area contributed by atoms with Gasteiger partial charge in [0.25, 0.3) is 5.91 Å². The molecular formula is C19H19NO4. The molecule has 124 valence electrons. The summed E-state index contributed by atoms with van der Waals surface area (Å²) in [6.45, 7) is 0.552. The van der Waals surface area contributed by atoms with E-state index < -0.39 is 12.0 Å². The van der Waals surface area contributed by atoms with Crippen LogP contribution in [-0.4, -0.2) is 34.5 Å². The summed E-state index contributed by atoms with van der Waals surface area (Å²) in [7, 11) is 0. The molecule has 1 amide bonds. The summed E-state index contributed by atoms with van der Waals surface area (Å²) in [5.41, 5.74) is 2.32. The highest BCUT2D eigenvalue weighted by Gasteiger charge is 2.49. The summed E-state index contributed by atoms with van der Waals surface area (Å²) in [5, 5.41) is 9.63. The van der Waals surface area contributed by atoms with Crippen LogP contribution in [0, 0.1) is 11.8 Å². The van der Waals surface area contributed by atoms with Crippen molar-refractivity contribution in [3.05, 3.63) is 48.4 Å². The fourth-order valence-corrected chi connectivity index (χ4v) is 4.26. The number of carbonyl (C=O) groups excluding carboxylic acids is 1. The van der Waals surface area contributed by atoms with Crippen LogP contribution >= 0.6 is 0 Å². The lowest BCUT2D eigenvalue weighted by Crippen LogP contribution is -2.43. The molecule has 2 aliphatic rings. The third-order valence-corrected chi connectivity index (χ3v) is 5.37. The van der Waals surface area contributed by atoms with Crippen molar-refractivity contribution in [2.75, 3.05) is 6.54 Å². The molecule has 1 aromatic carbocycles. The predicted molar refractivity (Wildman–Crippen MR) is 87.4 cm³/mol. The number of likely N-dealkylation sites (tertiary alicyclic amines) is 1. The van der Waals surface area contributed by atoms with Crippen molar-refractivity contribution in [3.63, 3.8) is 0 Å². The molecule has 1 saturated heterocycles. The zero-order valence-corrected chi connectivity index (χ0v) is 13.2. The standard InChI is InChI=1S/C19H19NO4/c21-18(13-4-1-3-12(9-13)15-7-8-24-11-15)20-10-14-5-2-6-16(14)17(20)19(22)23/h1,3-4,7-9,11,14,16-17H,2,5-6,10H2,(H,22,23)/t14-,16-,17+/m1/s1. The summed E-state index contributed by atoms with van der Waals surface area (Å²) >= 11 is 0. The maximum atomic E-state index is 13.0. The first-order valence-electron chi connectivity index (χ1n) is 8.31. The number of carbonyl (C=O) groups is 2. The van der Waals surface area contributed by atoms with Gasteiger partial charge in [0.05, 0.1) is 12.5 Å². The van der Waals surface area contributed by atoms with E-state index in [1.54, 1.807) is 29.6 Å². The smallest absolute Gasteiger partial charge is 0.326 e. The van der Waals surface area contributed by atoms with Crippen molar-refractivity contribution in [1.82, 2.24) is 4.90 Å². The second-order valence-corrected chi connectivity index (χ2v) is 6.69. The number of fused-ring (bicyclic) bond motifs is 1. The van der Waals surface area contributed by atoms with Crippen LogP contribution in [0.1, 0.15) is 29.6 Å². The minimum absolute atomic E-state index is 0.100. The van der Waals surface area contributed by atoms with Gasteiger partial charge in [-0.3, -0.25) is 4.79 Å².